The molecule has 0 aliphatic rings. The molecule has 0 spiro atoms. The van der Waals surface area contributed by atoms with E-state index in [4.69, 9.17) is 9.97 Å². The predicted molar refractivity (Wildman–Crippen MR) is 263 cm³/mol. The third-order valence-electron chi connectivity index (χ3n) is 13.1. The van der Waals surface area contributed by atoms with Crippen molar-refractivity contribution in [1.29, 1.82) is 0 Å². The summed E-state index contributed by atoms with van der Waals surface area (Å²) in [5.41, 5.74) is 12.7. The number of para-hydroxylation sites is 6. The van der Waals surface area contributed by atoms with E-state index in [-0.39, 0.29) is 0 Å². The van der Waals surface area contributed by atoms with Gasteiger partial charge in [0.1, 0.15) is 5.69 Å². The second-order valence-corrected chi connectivity index (χ2v) is 16.6. The minimum absolute atomic E-state index is 0.801. The molecule has 5 heteroatoms. The first-order chi connectivity index (χ1) is 31.2. The van der Waals surface area contributed by atoms with Gasteiger partial charge in [-0.25, -0.2) is 9.97 Å². The zero-order valence-corrected chi connectivity index (χ0v) is 33.9. The lowest BCUT2D eigenvalue weighted by molar-refractivity contribution is 1.08. The molecule has 0 atom stereocenters. The number of nitrogens with zero attached hydrogens (tertiary/aromatic N) is 5. The Balaban J connectivity index is 1.01. The third kappa shape index (κ3) is 4.99. The van der Waals surface area contributed by atoms with Crippen LogP contribution < -0.4 is 0 Å². The van der Waals surface area contributed by atoms with Gasteiger partial charge in [0, 0.05) is 49.3 Å². The van der Waals surface area contributed by atoms with Crippen LogP contribution in [0.15, 0.2) is 212 Å². The molecule has 292 valence electrons. The second kappa shape index (κ2) is 13.0. The van der Waals surface area contributed by atoms with Crippen molar-refractivity contribution in [2.75, 3.05) is 0 Å². The lowest BCUT2D eigenvalue weighted by Gasteiger charge is -2.15. The number of aromatic nitrogens is 5. The van der Waals surface area contributed by atoms with Gasteiger partial charge in [-0.1, -0.05) is 127 Å². The van der Waals surface area contributed by atoms with Crippen LogP contribution >= 0.6 is 0 Å². The zero-order chi connectivity index (χ0) is 41.2. The van der Waals surface area contributed by atoms with Crippen molar-refractivity contribution in [1.82, 2.24) is 23.7 Å². The van der Waals surface area contributed by atoms with Crippen molar-refractivity contribution >= 4 is 98.0 Å². The highest BCUT2D eigenvalue weighted by atomic mass is 15.1. The molecule has 63 heavy (non-hydrogen) atoms. The van der Waals surface area contributed by atoms with Crippen LogP contribution in [0.25, 0.3) is 126 Å². The predicted octanol–water partition coefficient (Wildman–Crippen LogP) is 14.9. The molecule has 0 bridgehead atoms. The summed E-state index contributed by atoms with van der Waals surface area (Å²) in [6.07, 6.45) is 0. The van der Waals surface area contributed by atoms with Crippen molar-refractivity contribution in [3.8, 4) is 28.5 Å². The highest BCUT2D eigenvalue weighted by Gasteiger charge is 2.22. The molecule has 0 aliphatic carbocycles. The molecule has 0 aliphatic heterocycles. The van der Waals surface area contributed by atoms with E-state index >= 15 is 0 Å². The second-order valence-electron chi connectivity index (χ2n) is 16.6. The zero-order valence-electron chi connectivity index (χ0n) is 33.9. The molecule has 0 saturated carbocycles. The third-order valence-corrected chi connectivity index (χ3v) is 13.1. The minimum Gasteiger partial charge on any atom is -0.309 e. The van der Waals surface area contributed by atoms with E-state index in [1.807, 2.05) is 12.1 Å². The number of benzene rings is 10. The molecule has 4 aromatic heterocycles. The van der Waals surface area contributed by atoms with Gasteiger partial charge in [-0.2, -0.15) is 0 Å². The van der Waals surface area contributed by atoms with E-state index in [9.17, 15) is 0 Å². The largest absolute Gasteiger partial charge is 0.309 e. The molecular formula is C58H35N5. The topological polar surface area (TPSA) is 40.6 Å². The Morgan fingerprint density at radius 2 is 0.762 bits per heavy atom. The summed E-state index contributed by atoms with van der Waals surface area (Å²) in [7, 11) is 0. The van der Waals surface area contributed by atoms with Gasteiger partial charge in [0.15, 0.2) is 5.82 Å². The SMILES string of the molecule is c1ccc(-n2c3ccccc3c3ccc(-c4nc5ccccc5nc4-n4c5ccccc5c5cc6cc(-n7c8ccccc8c8cc9ccccc9cc87)ccc6cc54)cc32)cc1. The van der Waals surface area contributed by atoms with Gasteiger partial charge in [-0.3, -0.25) is 4.57 Å². The van der Waals surface area contributed by atoms with Gasteiger partial charge in [0.25, 0.3) is 0 Å². The van der Waals surface area contributed by atoms with Crippen LogP contribution in [-0.4, -0.2) is 23.7 Å². The van der Waals surface area contributed by atoms with E-state index in [2.05, 4.69) is 214 Å². The maximum atomic E-state index is 5.50. The van der Waals surface area contributed by atoms with Gasteiger partial charge in [0.2, 0.25) is 0 Å². The number of hydrogen-bond acceptors (Lipinski definition) is 2. The quantitative estimate of drug-likeness (QED) is 0.178. The normalized spacial score (nSPS) is 12.1. The van der Waals surface area contributed by atoms with Gasteiger partial charge in [-0.05, 0) is 106 Å². The average Bonchev–Trinajstić information content (AvgIpc) is 3.97. The van der Waals surface area contributed by atoms with Crippen molar-refractivity contribution in [2.24, 2.45) is 0 Å². The molecule has 0 saturated heterocycles. The number of fused-ring (bicyclic) bond motifs is 12. The maximum absolute atomic E-state index is 5.50. The Hall–Kier alpha value is -8.54. The van der Waals surface area contributed by atoms with Gasteiger partial charge in [-0.15, -0.1) is 0 Å². The van der Waals surface area contributed by atoms with Crippen LogP contribution in [0.3, 0.4) is 0 Å². The molecule has 14 rings (SSSR count). The molecule has 5 nitrogen and oxygen atoms in total. The first-order valence-corrected chi connectivity index (χ1v) is 21.5. The van der Waals surface area contributed by atoms with Crippen LogP contribution in [0.4, 0.5) is 0 Å². The van der Waals surface area contributed by atoms with Crippen molar-refractivity contribution in [3.05, 3.63) is 212 Å². The Labute approximate surface area is 360 Å². The molecule has 0 unspecified atom stereocenters. The molecule has 0 fully saturated rings. The fraction of sp³-hybridized carbons (Fsp3) is 0. The fourth-order valence-corrected chi connectivity index (χ4v) is 10.3. The van der Waals surface area contributed by atoms with E-state index < -0.39 is 0 Å². The maximum Gasteiger partial charge on any atom is 0.165 e. The fourth-order valence-electron chi connectivity index (χ4n) is 10.3. The van der Waals surface area contributed by atoms with E-state index in [0.717, 1.165) is 61.4 Å². The first kappa shape index (κ1) is 34.2. The van der Waals surface area contributed by atoms with Crippen LogP contribution in [0, 0.1) is 0 Å². The monoisotopic (exact) mass is 801 g/mol. The Kier molecular flexibility index (Phi) is 7.05. The van der Waals surface area contributed by atoms with Crippen molar-refractivity contribution < 1.29 is 0 Å². The lowest BCUT2D eigenvalue weighted by atomic mass is 10.0. The average molecular weight is 802 g/mol. The standard InChI is InChI=1S/C58H35N5/c1-2-16-41(17-3-1)61-51-23-11-6-18-43(51)46-29-27-39(35-54(46)61)57-58(60-50-22-10-9-21-49(50)59-57)63-53-25-13-8-20-45(53)48-32-40-30-42(28-26-38(40)34-56(48)63)62-52-24-12-7-19-44(52)47-31-36-14-4-5-15-37(36)33-55(47)62/h1-35H. The van der Waals surface area contributed by atoms with Gasteiger partial charge >= 0.3 is 0 Å². The minimum atomic E-state index is 0.801. The molecule has 0 radical (unpaired) electrons. The summed E-state index contributed by atoms with van der Waals surface area (Å²) < 4.78 is 7.13. The van der Waals surface area contributed by atoms with Crippen LogP contribution in [0.2, 0.25) is 0 Å². The molecule has 0 N–H and O–H groups in total. The van der Waals surface area contributed by atoms with E-state index in [1.165, 1.54) is 65.0 Å². The van der Waals surface area contributed by atoms with E-state index in [0.29, 0.717) is 0 Å². The molecule has 10 aromatic carbocycles. The van der Waals surface area contributed by atoms with Crippen molar-refractivity contribution in [3.63, 3.8) is 0 Å². The summed E-state index contributed by atoms with van der Waals surface area (Å²) in [5, 5.41) is 12.1. The summed E-state index contributed by atoms with van der Waals surface area (Å²) >= 11 is 0. The number of hydrogen-bond donors (Lipinski definition) is 0. The highest BCUT2D eigenvalue weighted by molar-refractivity contribution is 6.16. The highest BCUT2D eigenvalue weighted by Crippen LogP contribution is 2.41. The molecule has 14 aromatic rings. The number of rotatable bonds is 4. The summed E-state index contributed by atoms with van der Waals surface area (Å²) in [6, 6.07) is 76.7. The van der Waals surface area contributed by atoms with Crippen LogP contribution in [-0.2, 0) is 0 Å². The summed E-state index contributed by atoms with van der Waals surface area (Å²) in [4.78, 5) is 10.9. The smallest absolute Gasteiger partial charge is 0.165 e. The Bertz CT molecular complexity index is 4210. The lowest BCUT2D eigenvalue weighted by Crippen LogP contribution is -2.04. The van der Waals surface area contributed by atoms with Gasteiger partial charge in [0.05, 0.1) is 44.1 Å². The van der Waals surface area contributed by atoms with Crippen LogP contribution in [0.1, 0.15) is 0 Å². The Morgan fingerprint density at radius 3 is 1.48 bits per heavy atom. The molecule has 4 heterocycles. The molecular weight excluding hydrogens is 767 g/mol. The van der Waals surface area contributed by atoms with Crippen molar-refractivity contribution in [2.45, 2.75) is 0 Å². The summed E-state index contributed by atoms with van der Waals surface area (Å²) in [6.45, 7) is 0. The molecule has 0 amide bonds. The Morgan fingerprint density at radius 1 is 0.270 bits per heavy atom. The van der Waals surface area contributed by atoms with Crippen LogP contribution in [0.5, 0.6) is 0 Å². The summed E-state index contributed by atoms with van der Waals surface area (Å²) in [5.74, 6) is 0.801. The van der Waals surface area contributed by atoms with Gasteiger partial charge < -0.3 is 9.13 Å². The van der Waals surface area contributed by atoms with E-state index in [1.54, 1.807) is 0 Å². The first-order valence-electron chi connectivity index (χ1n) is 21.5.